The minimum absolute atomic E-state index is 0.105. The summed E-state index contributed by atoms with van der Waals surface area (Å²) in [4.78, 5) is 2.33. The summed E-state index contributed by atoms with van der Waals surface area (Å²) in [7, 11) is 0. The number of anilines is 3. The molecule has 1 fully saturated rings. The van der Waals surface area contributed by atoms with E-state index in [2.05, 4.69) is 105 Å². The first-order chi connectivity index (χ1) is 14.8. The Balaban J connectivity index is 1.66. The Hall–Kier alpha value is -2.58. The van der Waals surface area contributed by atoms with E-state index in [1.807, 2.05) is 0 Å². The van der Waals surface area contributed by atoms with E-state index in [1.54, 1.807) is 0 Å². The molecular weight excluding hydrogens is 378 g/mol. The summed E-state index contributed by atoms with van der Waals surface area (Å²) in [6, 6.07) is 26.6. The number of hydrogen-bond acceptors (Lipinski definition) is 2. The lowest BCUT2D eigenvalue weighted by Gasteiger charge is -2.39. The highest BCUT2D eigenvalue weighted by atomic mass is 16.3. The summed E-state index contributed by atoms with van der Waals surface area (Å²) in [6.45, 7) is 8.98. The minimum atomic E-state index is -0.105. The van der Waals surface area contributed by atoms with Gasteiger partial charge in [-0.1, -0.05) is 61.4 Å². The first-order valence-corrected chi connectivity index (χ1v) is 11.6. The molecular formula is C29H35NO. The third-order valence-electron chi connectivity index (χ3n) is 7.17. The first-order valence-electron chi connectivity index (χ1n) is 11.6. The van der Waals surface area contributed by atoms with E-state index in [-0.39, 0.29) is 11.5 Å². The zero-order valence-electron chi connectivity index (χ0n) is 19.3. The molecule has 0 heterocycles. The molecule has 0 radical (unpaired) electrons. The van der Waals surface area contributed by atoms with Crippen LogP contribution in [0.3, 0.4) is 0 Å². The molecule has 0 unspecified atom stereocenters. The van der Waals surface area contributed by atoms with Crippen molar-refractivity contribution in [3.8, 4) is 0 Å². The van der Waals surface area contributed by atoms with E-state index in [0.29, 0.717) is 5.92 Å². The van der Waals surface area contributed by atoms with Crippen molar-refractivity contribution in [2.75, 3.05) is 4.90 Å². The maximum atomic E-state index is 9.91. The van der Waals surface area contributed by atoms with Crippen LogP contribution in [-0.4, -0.2) is 11.2 Å². The minimum Gasteiger partial charge on any atom is -0.393 e. The molecule has 0 amide bonds. The van der Waals surface area contributed by atoms with Gasteiger partial charge in [-0.05, 0) is 92.8 Å². The van der Waals surface area contributed by atoms with E-state index in [1.165, 1.54) is 33.8 Å². The molecule has 162 valence electrons. The van der Waals surface area contributed by atoms with Crippen molar-refractivity contribution in [2.24, 2.45) is 5.92 Å². The van der Waals surface area contributed by atoms with Crippen LogP contribution in [0.2, 0.25) is 0 Å². The molecule has 2 nitrogen and oxygen atoms in total. The van der Waals surface area contributed by atoms with Gasteiger partial charge in [0.05, 0.1) is 6.10 Å². The Kier molecular flexibility index (Phi) is 6.20. The second kappa shape index (κ2) is 8.88. The third-order valence-corrected chi connectivity index (χ3v) is 7.17. The molecule has 1 N–H and O–H groups in total. The van der Waals surface area contributed by atoms with E-state index >= 15 is 0 Å². The Morgan fingerprint density at radius 1 is 0.645 bits per heavy atom. The van der Waals surface area contributed by atoms with Crippen LogP contribution >= 0.6 is 0 Å². The maximum Gasteiger partial charge on any atom is 0.0540 e. The highest BCUT2D eigenvalue weighted by Gasteiger charge is 2.34. The van der Waals surface area contributed by atoms with E-state index < -0.39 is 0 Å². The molecule has 4 rings (SSSR count). The molecule has 2 heteroatoms. The first kappa shape index (κ1) is 21.6. The Bertz CT molecular complexity index is 933. The smallest absolute Gasteiger partial charge is 0.0540 e. The fraction of sp³-hybridized carbons (Fsp3) is 0.379. The average molecular weight is 414 g/mol. The summed E-state index contributed by atoms with van der Waals surface area (Å²) in [5, 5.41) is 9.91. The quantitative estimate of drug-likeness (QED) is 0.465. The van der Waals surface area contributed by atoms with Gasteiger partial charge in [0.25, 0.3) is 0 Å². The van der Waals surface area contributed by atoms with Gasteiger partial charge in [0, 0.05) is 17.1 Å². The van der Waals surface area contributed by atoms with Crippen LogP contribution in [0.25, 0.3) is 0 Å². The zero-order chi connectivity index (χ0) is 22.0. The number of aryl methyl sites for hydroxylation is 2. The van der Waals surface area contributed by atoms with Gasteiger partial charge in [-0.15, -0.1) is 0 Å². The predicted octanol–water partition coefficient (Wildman–Crippen LogP) is 7.60. The average Bonchev–Trinajstić information content (AvgIpc) is 2.77. The summed E-state index contributed by atoms with van der Waals surface area (Å²) < 4.78 is 0. The van der Waals surface area contributed by atoms with Crippen molar-refractivity contribution >= 4 is 17.1 Å². The van der Waals surface area contributed by atoms with Crippen molar-refractivity contribution < 1.29 is 5.11 Å². The zero-order valence-corrected chi connectivity index (χ0v) is 19.3. The van der Waals surface area contributed by atoms with Gasteiger partial charge in [-0.2, -0.15) is 0 Å². The summed E-state index contributed by atoms with van der Waals surface area (Å²) in [5.41, 5.74) is 7.53. The van der Waals surface area contributed by atoms with Crippen molar-refractivity contribution in [3.05, 3.63) is 89.5 Å². The highest BCUT2D eigenvalue weighted by Crippen LogP contribution is 2.42. The Morgan fingerprint density at radius 3 is 1.45 bits per heavy atom. The Morgan fingerprint density at radius 2 is 1.03 bits per heavy atom. The maximum absolute atomic E-state index is 9.91. The van der Waals surface area contributed by atoms with Gasteiger partial charge in [0.15, 0.2) is 0 Å². The normalized spacial score (nSPS) is 19.3. The Labute approximate surface area is 187 Å². The van der Waals surface area contributed by atoms with Crippen molar-refractivity contribution in [1.82, 2.24) is 0 Å². The third kappa shape index (κ3) is 4.70. The molecule has 1 aliphatic rings. The molecule has 3 aromatic rings. The van der Waals surface area contributed by atoms with Crippen LogP contribution in [-0.2, 0) is 5.41 Å². The fourth-order valence-electron chi connectivity index (χ4n) is 4.91. The molecule has 1 aliphatic carbocycles. The molecule has 0 spiro atoms. The molecule has 3 aromatic carbocycles. The lowest BCUT2D eigenvalue weighted by atomic mass is 9.67. The van der Waals surface area contributed by atoms with Crippen molar-refractivity contribution in [2.45, 2.75) is 64.9 Å². The molecule has 0 aromatic heterocycles. The van der Waals surface area contributed by atoms with E-state index in [0.717, 1.165) is 25.7 Å². The number of aliphatic hydroxyl groups excluding tert-OH is 1. The fourth-order valence-corrected chi connectivity index (χ4v) is 4.91. The van der Waals surface area contributed by atoms with Crippen LogP contribution in [0.5, 0.6) is 0 Å². The summed E-state index contributed by atoms with van der Waals surface area (Å²) in [6.07, 6.45) is 3.97. The van der Waals surface area contributed by atoms with Crippen LogP contribution in [0.1, 0.15) is 56.2 Å². The van der Waals surface area contributed by atoms with Gasteiger partial charge in [-0.25, -0.2) is 0 Å². The summed E-state index contributed by atoms with van der Waals surface area (Å²) in [5.74, 6) is 0.618. The van der Waals surface area contributed by atoms with E-state index in [4.69, 9.17) is 0 Å². The molecule has 0 saturated heterocycles. The molecule has 1 saturated carbocycles. The standard InChI is InChI=1S/C29H35NO/c1-21-5-13-25(14-6-21)30(26-15-7-22(2)8-16-26)27-17-9-23(10-18-27)29(3,4)24-11-19-28(31)20-12-24/h5-10,13-18,24,28,31H,11-12,19-20H2,1-4H3. The van der Waals surface area contributed by atoms with Crippen molar-refractivity contribution in [3.63, 3.8) is 0 Å². The molecule has 31 heavy (non-hydrogen) atoms. The molecule has 0 aliphatic heterocycles. The molecule has 0 atom stereocenters. The van der Waals surface area contributed by atoms with Gasteiger partial charge < -0.3 is 10.0 Å². The number of hydrogen-bond donors (Lipinski definition) is 1. The lowest BCUT2D eigenvalue weighted by Crippen LogP contribution is -2.33. The second-order valence-corrected chi connectivity index (χ2v) is 9.78. The van der Waals surface area contributed by atoms with Gasteiger partial charge in [-0.3, -0.25) is 0 Å². The van der Waals surface area contributed by atoms with Gasteiger partial charge >= 0.3 is 0 Å². The lowest BCUT2D eigenvalue weighted by molar-refractivity contribution is 0.0881. The predicted molar refractivity (Wildman–Crippen MR) is 132 cm³/mol. The monoisotopic (exact) mass is 413 g/mol. The van der Waals surface area contributed by atoms with Crippen LogP contribution in [0.15, 0.2) is 72.8 Å². The van der Waals surface area contributed by atoms with Crippen LogP contribution < -0.4 is 4.90 Å². The number of aliphatic hydroxyl groups is 1. The summed E-state index contributed by atoms with van der Waals surface area (Å²) >= 11 is 0. The highest BCUT2D eigenvalue weighted by molar-refractivity contribution is 5.76. The van der Waals surface area contributed by atoms with Crippen LogP contribution in [0.4, 0.5) is 17.1 Å². The second-order valence-electron chi connectivity index (χ2n) is 9.78. The topological polar surface area (TPSA) is 23.5 Å². The van der Waals surface area contributed by atoms with Crippen molar-refractivity contribution in [1.29, 1.82) is 0 Å². The van der Waals surface area contributed by atoms with Gasteiger partial charge in [0.2, 0.25) is 0 Å². The molecule has 0 bridgehead atoms. The number of rotatable bonds is 5. The van der Waals surface area contributed by atoms with Crippen LogP contribution in [0, 0.1) is 19.8 Å². The number of benzene rings is 3. The van der Waals surface area contributed by atoms with E-state index in [9.17, 15) is 5.11 Å². The van der Waals surface area contributed by atoms with Gasteiger partial charge in [0.1, 0.15) is 0 Å². The number of nitrogens with zero attached hydrogens (tertiary/aromatic N) is 1. The largest absolute Gasteiger partial charge is 0.393 e. The SMILES string of the molecule is Cc1ccc(N(c2ccc(C)cc2)c2ccc(C(C)(C)C3CCC(O)CC3)cc2)cc1.